The van der Waals surface area contributed by atoms with E-state index in [1.165, 1.54) is 25.7 Å². The van der Waals surface area contributed by atoms with E-state index in [-0.39, 0.29) is 6.61 Å². The summed E-state index contributed by atoms with van der Waals surface area (Å²) in [5, 5.41) is 8.47. The molecule has 0 rings (SSSR count). The first-order valence-corrected chi connectivity index (χ1v) is 6.57. The van der Waals surface area contributed by atoms with Gasteiger partial charge in [-0.15, -0.1) is 0 Å². The first-order valence-electron chi connectivity index (χ1n) is 6.57. The molecule has 0 aromatic heterocycles. The Bertz CT molecular complexity index is 128. The van der Waals surface area contributed by atoms with Crippen molar-refractivity contribution in [3.63, 3.8) is 0 Å². The fourth-order valence-electron chi connectivity index (χ4n) is 1.46. The Morgan fingerprint density at radius 3 is 2.25 bits per heavy atom. The van der Waals surface area contributed by atoms with Crippen molar-refractivity contribution < 1.29 is 14.6 Å². The molecule has 0 aromatic carbocycles. The lowest BCUT2D eigenvalue weighted by Gasteiger charge is -2.08. The van der Waals surface area contributed by atoms with Gasteiger partial charge in [-0.1, -0.05) is 39.5 Å². The molecule has 0 aliphatic heterocycles. The van der Waals surface area contributed by atoms with Crippen LogP contribution in [0.1, 0.15) is 46.0 Å². The fourth-order valence-corrected chi connectivity index (χ4v) is 1.46. The predicted octanol–water partition coefficient (Wildman–Crippen LogP) is 2.62. The molecule has 0 bridgehead atoms. The van der Waals surface area contributed by atoms with Gasteiger partial charge in [0.05, 0.1) is 26.4 Å². The van der Waals surface area contributed by atoms with Crippen molar-refractivity contribution in [2.24, 2.45) is 5.92 Å². The first kappa shape index (κ1) is 15.9. The number of ether oxygens (including phenoxy) is 2. The van der Waals surface area contributed by atoms with E-state index in [0.29, 0.717) is 19.8 Å². The molecule has 1 N–H and O–H groups in total. The van der Waals surface area contributed by atoms with Gasteiger partial charge in [0, 0.05) is 6.61 Å². The van der Waals surface area contributed by atoms with E-state index in [0.717, 1.165) is 18.9 Å². The van der Waals surface area contributed by atoms with Gasteiger partial charge in [-0.2, -0.15) is 0 Å². The van der Waals surface area contributed by atoms with Crippen LogP contribution in [0.25, 0.3) is 0 Å². The van der Waals surface area contributed by atoms with Crippen LogP contribution >= 0.6 is 0 Å². The standard InChI is InChI=1S/C13H28O3/c1-3-13(2)7-5-4-6-9-15-11-12-16-10-8-14/h13-14H,3-12H2,1-2H3. The maximum Gasteiger partial charge on any atom is 0.0701 e. The zero-order chi connectivity index (χ0) is 12.1. The molecule has 0 heterocycles. The largest absolute Gasteiger partial charge is 0.394 e. The van der Waals surface area contributed by atoms with E-state index in [2.05, 4.69) is 13.8 Å². The molecular formula is C13H28O3. The molecule has 1 atom stereocenters. The van der Waals surface area contributed by atoms with Crippen LogP contribution in [0, 0.1) is 5.92 Å². The van der Waals surface area contributed by atoms with E-state index in [9.17, 15) is 0 Å². The van der Waals surface area contributed by atoms with Crippen molar-refractivity contribution in [1.82, 2.24) is 0 Å². The van der Waals surface area contributed by atoms with Crippen molar-refractivity contribution in [3.05, 3.63) is 0 Å². The summed E-state index contributed by atoms with van der Waals surface area (Å²) in [4.78, 5) is 0. The zero-order valence-corrected chi connectivity index (χ0v) is 10.9. The van der Waals surface area contributed by atoms with Crippen molar-refractivity contribution in [3.8, 4) is 0 Å². The Balaban J connectivity index is 2.93. The van der Waals surface area contributed by atoms with Gasteiger partial charge in [0.15, 0.2) is 0 Å². The summed E-state index contributed by atoms with van der Waals surface area (Å²) in [7, 11) is 0. The van der Waals surface area contributed by atoms with Gasteiger partial charge in [0.25, 0.3) is 0 Å². The second-order valence-electron chi connectivity index (χ2n) is 4.31. The summed E-state index contributed by atoms with van der Waals surface area (Å²) in [6.07, 6.45) is 6.37. The van der Waals surface area contributed by atoms with Crippen LogP contribution in [-0.2, 0) is 9.47 Å². The maximum absolute atomic E-state index is 8.47. The van der Waals surface area contributed by atoms with Crippen molar-refractivity contribution in [2.75, 3.05) is 33.0 Å². The summed E-state index contributed by atoms with van der Waals surface area (Å²) >= 11 is 0. The van der Waals surface area contributed by atoms with E-state index in [1.54, 1.807) is 0 Å². The minimum atomic E-state index is 0.0929. The Morgan fingerprint density at radius 2 is 1.62 bits per heavy atom. The number of hydrogen-bond donors (Lipinski definition) is 1. The van der Waals surface area contributed by atoms with Crippen LogP contribution in [-0.4, -0.2) is 38.1 Å². The monoisotopic (exact) mass is 232 g/mol. The molecule has 98 valence electrons. The van der Waals surface area contributed by atoms with Gasteiger partial charge in [-0.05, 0) is 12.3 Å². The van der Waals surface area contributed by atoms with Crippen molar-refractivity contribution in [1.29, 1.82) is 0 Å². The Hall–Kier alpha value is -0.120. The Kier molecular flexibility index (Phi) is 12.9. The second-order valence-corrected chi connectivity index (χ2v) is 4.31. The number of aliphatic hydroxyl groups excluding tert-OH is 1. The lowest BCUT2D eigenvalue weighted by Crippen LogP contribution is -2.07. The second kappa shape index (κ2) is 12.9. The SMILES string of the molecule is CCC(C)CCCCCOCCOCCO. The minimum absolute atomic E-state index is 0.0929. The van der Waals surface area contributed by atoms with Gasteiger partial charge in [0.2, 0.25) is 0 Å². The van der Waals surface area contributed by atoms with Crippen LogP contribution in [0.2, 0.25) is 0 Å². The van der Waals surface area contributed by atoms with Gasteiger partial charge < -0.3 is 14.6 Å². The van der Waals surface area contributed by atoms with Crippen LogP contribution in [0.4, 0.5) is 0 Å². The normalized spacial score (nSPS) is 12.9. The lowest BCUT2D eigenvalue weighted by atomic mass is 10.0. The molecule has 0 fully saturated rings. The first-order chi connectivity index (χ1) is 7.81. The third kappa shape index (κ3) is 12.0. The van der Waals surface area contributed by atoms with Gasteiger partial charge in [-0.3, -0.25) is 0 Å². The summed E-state index contributed by atoms with van der Waals surface area (Å²) in [5.41, 5.74) is 0. The van der Waals surface area contributed by atoms with Crippen LogP contribution in [0.5, 0.6) is 0 Å². The topological polar surface area (TPSA) is 38.7 Å². The Labute approximate surface area is 100 Å². The highest BCUT2D eigenvalue weighted by atomic mass is 16.5. The highest BCUT2D eigenvalue weighted by molar-refractivity contribution is 4.50. The van der Waals surface area contributed by atoms with E-state index in [1.807, 2.05) is 0 Å². The highest BCUT2D eigenvalue weighted by Crippen LogP contribution is 2.11. The third-order valence-electron chi connectivity index (χ3n) is 2.79. The molecule has 3 nitrogen and oxygen atoms in total. The van der Waals surface area contributed by atoms with E-state index in [4.69, 9.17) is 14.6 Å². The molecule has 0 aliphatic rings. The summed E-state index contributed by atoms with van der Waals surface area (Å²) in [6.45, 7) is 7.14. The van der Waals surface area contributed by atoms with Gasteiger partial charge in [-0.25, -0.2) is 0 Å². The maximum atomic E-state index is 8.47. The number of rotatable bonds is 12. The molecule has 0 saturated heterocycles. The molecule has 3 heteroatoms. The molecule has 0 aliphatic carbocycles. The lowest BCUT2D eigenvalue weighted by molar-refractivity contribution is 0.0320. The summed E-state index contributed by atoms with van der Waals surface area (Å²) in [6, 6.07) is 0. The smallest absolute Gasteiger partial charge is 0.0701 e. The Morgan fingerprint density at radius 1 is 0.938 bits per heavy atom. The van der Waals surface area contributed by atoms with E-state index >= 15 is 0 Å². The minimum Gasteiger partial charge on any atom is -0.394 e. The number of unbranched alkanes of at least 4 members (excludes halogenated alkanes) is 2. The molecule has 0 radical (unpaired) electrons. The zero-order valence-electron chi connectivity index (χ0n) is 10.9. The van der Waals surface area contributed by atoms with E-state index < -0.39 is 0 Å². The fraction of sp³-hybridized carbons (Fsp3) is 1.00. The average Bonchev–Trinajstić information content (AvgIpc) is 2.31. The van der Waals surface area contributed by atoms with Gasteiger partial charge in [0.1, 0.15) is 0 Å². The van der Waals surface area contributed by atoms with Crippen molar-refractivity contribution in [2.45, 2.75) is 46.0 Å². The molecule has 16 heavy (non-hydrogen) atoms. The van der Waals surface area contributed by atoms with Gasteiger partial charge >= 0.3 is 0 Å². The average molecular weight is 232 g/mol. The number of hydrogen-bond acceptors (Lipinski definition) is 3. The molecule has 1 unspecified atom stereocenters. The van der Waals surface area contributed by atoms with Crippen LogP contribution < -0.4 is 0 Å². The molecule has 0 saturated carbocycles. The predicted molar refractivity (Wildman–Crippen MR) is 66.6 cm³/mol. The molecule has 0 spiro atoms. The quantitative estimate of drug-likeness (QED) is 0.526. The summed E-state index contributed by atoms with van der Waals surface area (Å²) in [5.74, 6) is 0.868. The molecular weight excluding hydrogens is 204 g/mol. The van der Waals surface area contributed by atoms with Crippen LogP contribution in [0.15, 0.2) is 0 Å². The number of aliphatic hydroxyl groups is 1. The van der Waals surface area contributed by atoms with Crippen LogP contribution in [0.3, 0.4) is 0 Å². The highest BCUT2D eigenvalue weighted by Gasteiger charge is 1.98. The molecule has 0 aromatic rings. The third-order valence-corrected chi connectivity index (χ3v) is 2.79. The summed E-state index contributed by atoms with van der Waals surface area (Å²) < 4.78 is 10.5. The molecule has 0 amide bonds. The van der Waals surface area contributed by atoms with Crippen molar-refractivity contribution >= 4 is 0 Å².